The number of hydrogen-bond acceptors (Lipinski definition) is 10. The highest BCUT2D eigenvalue weighted by Gasteiger charge is 2.34. The van der Waals surface area contributed by atoms with Crippen LogP contribution in [0.15, 0.2) is 65.8 Å². The molecule has 0 radical (unpaired) electrons. The highest BCUT2D eigenvalue weighted by atomic mass is 35.5. The minimum Gasteiger partial charge on any atom is -0.488 e. The molecule has 49 heavy (non-hydrogen) atoms. The molecule has 5 rings (SSSR count). The smallest absolute Gasteiger partial charge is 0.335 e. The van der Waals surface area contributed by atoms with Gasteiger partial charge in [0.2, 0.25) is 11.8 Å². The molecule has 1 fully saturated rings. The van der Waals surface area contributed by atoms with E-state index in [9.17, 15) is 18.3 Å². The first-order valence-corrected chi connectivity index (χ1v) is 17.4. The third kappa shape index (κ3) is 9.87. The van der Waals surface area contributed by atoms with Crippen molar-refractivity contribution in [2.24, 2.45) is 5.41 Å². The Hall–Kier alpha value is -4.33. The molecule has 0 bridgehead atoms. The van der Waals surface area contributed by atoms with E-state index in [-0.39, 0.29) is 58.9 Å². The molecule has 1 atom stereocenters. The molecule has 0 aliphatic heterocycles. The van der Waals surface area contributed by atoms with Crippen LogP contribution in [0.1, 0.15) is 73.8 Å². The molecule has 262 valence electrons. The number of halogens is 1. The number of aromatic nitrogens is 4. The number of rotatable bonds is 15. The molecule has 2 aromatic heterocycles. The third-order valence-corrected chi connectivity index (χ3v) is 9.72. The van der Waals surface area contributed by atoms with Gasteiger partial charge >= 0.3 is 5.97 Å². The van der Waals surface area contributed by atoms with Crippen molar-refractivity contribution in [1.29, 1.82) is 0 Å². The fraction of sp³-hybridized carbons (Fsp3) is 0.400. The van der Waals surface area contributed by atoms with Gasteiger partial charge in [0.25, 0.3) is 10.0 Å². The predicted molar refractivity (Wildman–Crippen MR) is 189 cm³/mol. The van der Waals surface area contributed by atoms with Crippen LogP contribution in [0.4, 0.5) is 5.95 Å². The zero-order valence-electron chi connectivity index (χ0n) is 28.3. The number of carbonyl (C=O) groups is 1. The molecule has 0 spiro atoms. The van der Waals surface area contributed by atoms with E-state index in [1.54, 1.807) is 18.5 Å². The van der Waals surface area contributed by atoms with Crippen LogP contribution in [0.3, 0.4) is 0 Å². The number of nitrogens with one attached hydrogen (secondary N) is 2. The standard InChI is InChI=1S/C35H42N6O6S.ClH/c1-22(2)47-27-18-37-30(38-19-27)20-36-26(17-35(5)13-8-14-35)21-46-31-16-29(32-23(3)9-6-10-24(32)4)39-34(40-31)41-48(44,45)28-12-7-11-25(15-28)33(42)43;/h6-7,9-12,15-16,18-19,22,26,36H,8,13-14,17,20-21H2,1-5H3,(H,42,43)(H,39,40,41);1H/t26-;/m1./s1. The topological polar surface area (TPSA) is 166 Å². The van der Waals surface area contributed by atoms with Crippen LogP contribution in [0.2, 0.25) is 0 Å². The van der Waals surface area contributed by atoms with Crippen LogP contribution in [-0.2, 0) is 16.6 Å². The number of nitrogens with zero attached hydrogens (tertiary/aromatic N) is 4. The molecule has 1 aliphatic rings. The molecular formula is C35H43ClN6O6S. The highest BCUT2D eigenvalue weighted by molar-refractivity contribution is 7.92. The summed E-state index contributed by atoms with van der Waals surface area (Å²) in [4.78, 5) is 29.1. The first kappa shape index (κ1) is 37.5. The largest absolute Gasteiger partial charge is 0.488 e. The molecule has 0 saturated heterocycles. The van der Waals surface area contributed by atoms with Gasteiger partial charge in [-0.25, -0.2) is 32.9 Å². The van der Waals surface area contributed by atoms with Gasteiger partial charge in [0.05, 0.1) is 41.2 Å². The normalized spacial score (nSPS) is 14.3. The van der Waals surface area contributed by atoms with Gasteiger partial charge in [-0.2, -0.15) is 4.98 Å². The van der Waals surface area contributed by atoms with Crippen molar-refractivity contribution in [1.82, 2.24) is 25.3 Å². The average Bonchev–Trinajstić information content (AvgIpc) is 3.01. The van der Waals surface area contributed by atoms with E-state index in [1.807, 2.05) is 45.9 Å². The fourth-order valence-corrected chi connectivity index (χ4v) is 6.81. The van der Waals surface area contributed by atoms with Gasteiger partial charge < -0.3 is 19.9 Å². The Morgan fingerprint density at radius 2 is 1.69 bits per heavy atom. The Morgan fingerprint density at radius 3 is 2.31 bits per heavy atom. The van der Waals surface area contributed by atoms with E-state index in [0.29, 0.717) is 23.8 Å². The molecule has 0 amide bonds. The van der Waals surface area contributed by atoms with Crippen molar-refractivity contribution in [3.8, 4) is 22.9 Å². The lowest BCUT2D eigenvalue weighted by atomic mass is 9.67. The van der Waals surface area contributed by atoms with Gasteiger partial charge in [-0.3, -0.25) is 0 Å². The number of carboxylic acid groups (broad SMARTS) is 1. The summed E-state index contributed by atoms with van der Waals surface area (Å²) >= 11 is 0. The molecule has 14 heteroatoms. The summed E-state index contributed by atoms with van der Waals surface area (Å²) in [5.41, 5.74) is 3.24. The first-order valence-electron chi connectivity index (χ1n) is 16.0. The molecule has 3 N–H and O–H groups in total. The summed E-state index contributed by atoms with van der Waals surface area (Å²) in [7, 11) is -4.23. The van der Waals surface area contributed by atoms with Gasteiger partial charge in [-0.15, -0.1) is 12.4 Å². The maximum Gasteiger partial charge on any atom is 0.335 e. The Labute approximate surface area is 293 Å². The summed E-state index contributed by atoms with van der Waals surface area (Å²) in [6, 6.07) is 12.6. The van der Waals surface area contributed by atoms with Crippen molar-refractivity contribution < 1.29 is 27.8 Å². The van der Waals surface area contributed by atoms with Crippen molar-refractivity contribution in [3.63, 3.8) is 0 Å². The first-order chi connectivity index (χ1) is 22.8. The van der Waals surface area contributed by atoms with E-state index in [2.05, 4.69) is 36.9 Å². The van der Waals surface area contributed by atoms with Gasteiger partial charge in [0.15, 0.2) is 5.75 Å². The van der Waals surface area contributed by atoms with Crippen LogP contribution < -0.4 is 19.5 Å². The zero-order chi connectivity index (χ0) is 34.5. The fourth-order valence-electron chi connectivity index (χ4n) is 5.82. The summed E-state index contributed by atoms with van der Waals surface area (Å²) in [5, 5.41) is 12.9. The number of aryl methyl sites for hydroxylation is 2. The number of carboxylic acids is 1. The van der Waals surface area contributed by atoms with Gasteiger partial charge in [0.1, 0.15) is 12.4 Å². The van der Waals surface area contributed by atoms with E-state index in [4.69, 9.17) is 9.47 Å². The lowest BCUT2D eigenvalue weighted by Crippen LogP contribution is -2.41. The Bertz CT molecular complexity index is 1850. The molecule has 1 aliphatic carbocycles. The predicted octanol–water partition coefficient (Wildman–Crippen LogP) is 6.38. The van der Waals surface area contributed by atoms with Crippen LogP contribution in [0.25, 0.3) is 11.3 Å². The SMILES string of the molecule is Cc1cccc(C)c1-c1cc(OC[C@@H](CC2(C)CCC2)NCc2ncc(OC(C)C)cn2)nc(NS(=O)(=O)c2cccc(C(=O)O)c2)n1.Cl. The van der Waals surface area contributed by atoms with Crippen LogP contribution >= 0.6 is 12.4 Å². The maximum absolute atomic E-state index is 13.4. The van der Waals surface area contributed by atoms with Gasteiger partial charge in [-0.05, 0) is 81.7 Å². The van der Waals surface area contributed by atoms with Crippen molar-refractivity contribution >= 4 is 34.3 Å². The monoisotopic (exact) mass is 710 g/mol. The van der Waals surface area contributed by atoms with Crippen molar-refractivity contribution in [3.05, 3.63) is 83.4 Å². The number of sulfonamides is 1. The number of anilines is 1. The van der Waals surface area contributed by atoms with Gasteiger partial charge in [-0.1, -0.05) is 37.6 Å². The number of hydrogen-bond donors (Lipinski definition) is 3. The number of benzene rings is 2. The minimum absolute atomic E-state index is 0. The van der Waals surface area contributed by atoms with Crippen LogP contribution in [-0.4, -0.2) is 58.2 Å². The maximum atomic E-state index is 13.4. The molecule has 12 nitrogen and oxygen atoms in total. The second-order valence-corrected chi connectivity index (χ2v) is 14.6. The lowest BCUT2D eigenvalue weighted by Gasteiger charge is -2.41. The Kier molecular flexibility index (Phi) is 12.2. The van der Waals surface area contributed by atoms with E-state index in [1.165, 1.54) is 24.6 Å². The van der Waals surface area contributed by atoms with E-state index < -0.39 is 16.0 Å². The molecular weight excluding hydrogens is 668 g/mol. The Morgan fingerprint density at radius 1 is 1.02 bits per heavy atom. The highest BCUT2D eigenvalue weighted by Crippen LogP contribution is 2.44. The minimum atomic E-state index is -4.23. The zero-order valence-corrected chi connectivity index (χ0v) is 29.9. The molecule has 1 saturated carbocycles. The molecule has 2 aromatic carbocycles. The number of aromatic carboxylic acids is 1. The van der Waals surface area contributed by atoms with Crippen molar-refractivity contribution in [2.75, 3.05) is 11.3 Å². The lowest BCUT2D eigenvalue weighted by molar-refractivity contribution is 0.0696. The second-order valence-electron chi connectivity index (χ2n) is 12.9. The Balaban J connectivity index is 0.00000541. The molecule has 0 unspecified atom stereocenters. The quantitative estimate of drug-likeness (QED) is 0.125. The van der Waals surface area contributed by atoms with Crippen LogP contribution in [0, 0.1) is 19.3 Å². The number of ether oxygens (including phenoxy) is 2. The second kappa shape index (κ2) is 15.9. The van der Waals surface area contributed by atoms with Gasteiger partial charge in [0, 0.05) is 17.7 Å². The summed E-state index contributed by atoms with van der Waals surface area (Å²) in [5.74, 6) is -0.00767. The van der Waals surface area contributed by atoms with E-state index in [0.717, 1.165) is 42.0 Å². The van der Waals surface area contributed by atoms with Crippen LogP contribution in [0.5, 0.6) is 11.6 Å². The summed E-state index contributed by atoms with van der Waals surface area (Å²) in [6.07, 6.45) is 7.66. The van der Waals surface area contributed by atoms with E-state index >= 15 is 0 Å². The van der Waals surface area contributed by atoms with Crippen molar-refractivity contribution in [2.45, 2.75) is 83.9 Å². The summed E-state index contributed by atoms with van der Waals surface area (Å²) < 4.78 is 41.1. The molecule has 4 aromatic rings. The molecule has 2 heterocycles. The third-order valence-electron chi connectivity index (χ3n) is 8.39. The summed E-state index contributed by atoms with van der Waals surface area (Å²) in [6.45, 7) is 10.7. The average molecular weight is 711 g/mol.